The van der Waals surface area contributed by atoms with Crippen molar-refractivity contribution in [1.29, 1.82) is 0 Å². The lowest BCUT2D eigenvalue weighted by atomic mass is 9.72. The molecule has 1 rings (SSSR count). The lowest BCUT2D eigenvalue weighted by molar-refractivity contribution is -0.114. The first-order chi connectivity index (χ1) is 9.34. The summed E-state index contributed by atoms with van der Waals surface area (Å²) >= 11 is 0. The fraction of sp³-hybridized carbons (Fsp3) is 0.611. The summed E-state index contributed by atoms with van der Waals surface area (Å²) in [6, 6.07) is -0.00639. The van der Waals surface area contributed by atoms with Crippen LogP contribution in [0.5, 0.6) is 0 Å². The second-order valence-electron chi connectivity index (χ2n) is 8.05. The molecule has 0 atom stereocenters. The van der Waals surface area contributed by atoms with Crippen LogP contribution in [0.15, 0.2) is 35.1 Å². The Morgan fingerprint density at radius 2 is 1.38 bits per heavy atom. The molecule has 0 radical (unpaired) electrons. The third-order valence-corrected chi connectivity index (χ3v) is 3.54. The van der Waals surface area contributed by atoms with Crippen molar-refractivity contribution in [3.8, 4) is 0 Å². The number of nitrogens with zero attached hydrogens (tertiary/aromatic N) is 1. The Bertz CT molecular complexity index is 472. The minimum Gasteiger partial charge on any atom is -0.289 e. The van der Waals surface area contributed by atoms with Crippen molar-refractivity contribution in [3.63, 3.8) is 0 Å². The van der Waals surface area contributed by atoms with E-state index in [2.05, 4.69) is 0 Å². The zero-order valence-electron chi connectivity index (χ0n) is 14.6. The van der Waals surface area contributed by atoms with Crippen LogP contribution in [0, 0.1) is 10.8 Å². The molecule has 1 N–H and O–H groups in total. The smallest absolute Gasteiger partial charge is 0.186 e. The summed E-state index contributed by atoms with van der Waals surface area (Å²) in [5.41, 5.74) is 2.00. The molecule has 0 spiro atoms. The molecule has 0 aromatic rings. The van der Waals surface area contributed by atoms with Crippen LogP contribution in [-0.2, 0) is 4.79 Å². The van der Waals surface area contributed by atoms with Gasteiger partial charge in [-0.3, -0.25) is 15.1 Å². The van der Waals surface area contributed by atoms with Crippen molar-refractivity contribution in [3.05, 3.63) is 35.1 Å². The van der Waals surface area contributed by atoms with Gasteiger partial charge in [-0.1, -0.05) is 41.5 Å². The van der Waals surface area contributed by atoms with Gasteiger partial charge < -0.3 is 0 Å². The van der Waals surface area contributed by atoms with E-state index >= 15 is 0 Å². The highest BCUT2D eigenvalue weighted by atomic mass is 16.5. The summed E-state index contributed by atoms with van der Waals surface area (Å²) < 4.78 is 0. The molecule has 0 unspecified atom stereocenters. The van der Waals surface area contributed by atoms with E-state index < -0.39 is 0 Å². The maximum Gasteiger partial charge on any atom is 0.186 e. The Kier molecular flexibility index (Phi) is 4.89. The van der Waals surface area contributed by atoms with Gasteiger partial charge in [0.25, 0.3) is 0 Å². The van der Waals surface area contributed by atoms with E-state index in [0.717, 1.165) is 16.7 Å². The molecule has 3 heteroatoms. The van der Waals surface area contributed by atoms with Gasteiger partial charge in [-0.2, -0.15) is 0 Å². The first kappa shape index (κ1) is 17.7. The van der Waals surface area contributed by atoms with Crippen LogP contribution < -0.4 is 0 Å². The van der Waals surface area contributed by atoms with E-state index in [1.54, 1.807) is 6.20 Å². The van der Waals surface area contributed by atoms with Gasteiger partial charge in [0.1, 0.15) is 0 Å². The zero-order valence-corrected chi connectivity index (χ0v) is 14.6. The van der Waals surface area contributed by atoms with Crippen LogP contribution in [0.2, 0.25) is 0 Å². The summed E-state index contributed by atoms with van der Waals surface area (Å²) in [7, 11) is 0. The van der Waals surface area contributed by atoms with Crippen molar-refractivity contribution in [2.45, 2.75) is 61.4 Å². The van der Waals surface area contributed by atoms with Crippen LogP contribution >= 0.6 is 0 Å². The van der Waals surface area contributed by atoms with Gasteiger partial charge >= 0.3 is 0 Å². The van der Waals surface area contributed by atoms with E-state index in [9.17, 15) is 10.0 Å². The average molecular weight is 291 g/mol. The van der Waals surface area contributed by atoms with Gasteiger partial charge in [0.15, 0.2) is 5.78 Å². The number of ketones is 1. The SMILES string of the molecule is CC(C)N(O)C=C1C=C(C(C)(C)C)C(=O)C(C(C)(C)C)=C1. The van der Waals surface area contributed by atoms with Crippen LogP contribution in [0.3, 0.4) is 0 Å². The molecule has 1 aliphatic rings. The molecule has 21 heavy (non-hydrogen) atoms. The summed E-state index contributed by atoms with van der Waals surface area (Å²) in [6.45, 7) is 16.1. The quantitative estimate of drug-likeness (QED) is 0.762. The van der Waals surface area contributed by atoms with Gasteiger partial charge in [-0.15, -0.1) is 0 Å². The number of hydrogen-bond acceptors (Lipinski definition) is 3. The predicted molar refractivity (Wildman–Crippen MR) is 86.9 cm³/mol. The van der Waals surface area contributed by atoms with Gasteiger partial charge in [0.05, 0.1) is 6.04 Å². The average Bonchev–Trinajstić information content (AvgIpc) is 2.27. The van der Waals surface area contributed by atoms with Gasteiger partial charge in [-0.05, 0) is 42.4 Å². The number of Topliss-reactive ketones (excluding diaryl/α,β-unsaturated/α-hetero) is 1. The standard InChI is InChI=1S/C18H29NO2/c1-12(2)19(21)11-13-9-14(17(3,4)5)16(20)15(10-13)18(6,7)8/h9-12,21H,1-8H3. The maximum atomic E-state index is 12.7. The molecule has 0 aromatic heterocycles. The van der Waals surface area contributed by atoms with Crippen LogP contribution in [-0.4, -0.2) is 22.1 Å². The number of hydroxylamine groups is 2. The molecule has 3 nitrogen and oxygen atoms in total. The lowest BCUT2D eigenvalue weighted by Crippen LogP contribution is -2.28. The van der Waals surface area contributed by atoms with E-state index in [-0.39, 0.29) is 22.7 Å². The summed E-state index contributed by atoms with van der Waals surface area (Å²) in [5.74, 6) is 0.112. The van der Waals surface area contributed by atoms with Crippen LogP contribution in [0.25, 0.3) is 0 Å². The Morgan fingerprint density at radius 3 is 1.67 bits per heavy atom. The van der Waals surface area contributed by atoms with Crippen molar-refractivity contribution >= 4 is 5.78 Å². The molecule has 0 saturated heterocycles. The normalized spacial score (nSPS) is 16.9. The highest BCUT2D eigenvalue weighted by Gasteiger charge is 2.34. The molecule has 118 valence electrons. The van der Waals surface area contributed by atoms with E-state index in [0.29, 0.717) is 0 Å². The third kappa shape index (κ3) is 4.31. The van der Waals surface area contributed by atoms with E-state index in [4.69, 9.17) is 0 Å². The van der Waals surface area contributed by atoms with Crippen molar-refractivity contribution in [1.82, 2.24) is 5.06 Å². The molecule has 0 heterocycles. The summed E-state index contributed by atoms with van der Waals surface area (Å²) in [5, 5.41) is 11.1. The molecule has 0 bridgehead atoms. The van der Waals surface area contributed by atoms with Crippen LogP contribution in [0.1, 0.15) is 55.4 Å². The van der Waals surface area contributed by atoms with E-state index in [1.807, 2.05) is 67.5 Å². The lowest BCUT2D eigenvalue weighted by Gasteiger charge is -2.31. The Morgan fingerprint density at radius 1 is 1.00 bits per heavy atom. The summed E-state index contributed by atoms with van der Waals surface area (Å²) in [6.07, 6.45) is 5.47. The predicted octanol–water partition coefficient (Wildman–Crippen LogP) is 4.50. The van der Waals surface area contributed by atoms with Crippen LogP contribution in [0.4, 0.5) is 0 Å². The molecule has 0 saturated carbocycles. The molecular formula is C18H29NO2. The highest BCUT2D eigenvalue weighted by molar-refractivity contribution is 6.11. The first-order valence-electron chi connectivity index (χ1n) is 7.52. The second-order valence-corrected chi connectivity index (χ2v) is 8.05. The third-order valence-electron chi connectivity index (χ3n) is 3.54. The number of rotatable bonds is 2. The minimum absolute atomic E-state index is 0.00639. The van der Waals surface area contributed by atoms with E-state index in [1.165, 1.54) is 5.06 Å². The number of carbonyl (C=O) groups excluding carboxylic acids is 1. The van der Waals surface area contributed by atoms with Gasteiger partial charge in [0, 0.05) is 17.3 Å². The van der Waals surface area contributed by atoms with Gasteiger partial charge in [-0.25, -0.2) is 0 Å². The monoisotopic (exact) mass is 291 g/mol. The number of hydrogen-bond donors (Lipinski definition) is 1. The number of allylic oxidation sites excluding steroid dienone is 5. The number of carbonyl (C=O) groups is 1. The summed E-state index contributed by atoms with van der Waals surface area (Å²) in [4.78, 5) is 12.7. The fourth-order valence-electron chi connectivity index (χ4n) is 2.14. The maximum absolute atomic E-state index is 12.7. The molecule has 0 fully saturated rings. The zero-order chi connectivity index (χ0) is 16.6. The largest absolute Gasteiger partial charge is 0.289 e. The highest BCUT2D eigenvalue weighted by Crippen LogP contribution is 2.38. The topological polar surface area (TPSA) is 40.5 Å². The molecule has 0 aliphatic heterocycles. The van der Waals surface area contributed by atoms with Crippen molar-refractivity contribution < 1.29 is 10.0 Å². The molecule has 0 aromatic carbocycles. The molecular weight excluding hydrogens is 262 g/mol. The van der Waals surface area contributed by atoms with Gasteiger partial charge in [0.2, 0.25) is 0 Å². The molecule has 0 amide bonds. The molecule has 1 aliphatic carbocycles. The van der Waals surface area contributed by atoms with Crippen molar-refractivity contribution in [2.24, 2.45) is 10.8 Å². The van der Waals surface area contributed by atoms with Crippen molar-refractivity contribution in [2.75, 3.05) is 0 Å². The Balaban J connectivity index is 3.39. The fourth-order valence-corrected chi connectivity index (χ4v) is 2.14. The first-order valence-corrected chi connectivity index (χ1v) is 7.52. The Hall–Kier alpha value is -1.35. The second kappa shape index (κ2) is 5.80. The Labute approximate surface area is 129 Å². The minimum atomic E-state index is -0.223.